The maximum atomic E-state index is 11.8. The van der Waals surface area contributed by atoms with Crippen molar-refractivity contribution in [3.63, 3.8) is 0 Å². The van der Waals surface area contributed by atoms with E-state index in [0.29, 0.717) is 17.3 Å². The summed E-state index contributed by atoms with van der Waals surface area (Å²) >= 11 is 0. The summed E-state index contributed by atoms with van der Waals surface area (Å²) in [5.74, 6) is 11.4. The van der Waals surface area contributed by atoms with Gasteiger partial charge in [0.2, 0.25) is 5.88 Å². The zero-order valence-corrected chi connectivity index (χ0v) is 14.8. The third kappa shape index (κ3) is 4.20. The lowest BCUT2D eigenvalue weighted by molar-refractivity contribution is 0.246. The molecular formula is C19H20N6O2. The van der Waals surface area contributed by atoms with Gasteiger partial charge in [-0.2, -0.15) is 0 Å². The maximum Gasteiger partial charge on any atom is 0.350 e. The third-order valence-electron chi connectivity index (χ3n) is 4.03. The number of carbonyl (C=O) groups is 1. The van der Waals surface area contributed by atoms with Crippen LogP contribution in [-0.2, 0) is 6.61 Å². The van der Waals surface area contributed by atoms with Crippen LogP contribution in [0.4, 0.5) is 10.5 Å². The van der Waals surface area contributed by atoms with Crippen LogP contribution >= 0.6 is 0 Å². The Morgan fingerprint density at radius 3 is 2.67 bits per heavy atom. The Kier molecular flexibility index (Phi) is 5.60. The average Bonchev–Trinajstić information content (AvgIpc) is 2.72. The van der Waals surface area contributed by atoms with Gasteiger partial charge in [0.1, 0.15) is 6.61 Å². The van der Waals surface area contributed by atoms with Crippen molar-refractivity contribution in [2.75, 3.05) is 5.01 Å². The van der Waals surface area contributed by atoms with Crippen molar-refractivity contribution in [2.24, 2.45) is 11.7 Å². The number of benzene rings is 2. The fourth-order valence-corrected chi connectivity index (χ4v) is 2.59. The summed E-state index contributed by atoms with van der Waals surface area (Å²) in [5, 5.41) is 0.942. The van der Waals surface area contributed by atoms with Crippen molar-refractivity contribution in [3.05, 3.63) is 72.1 Å². The summed E-state index contributed by atoms with van der Waals surface area (Å²) in [6.07, 6.45) is 3.21. The highest BCUT2D eigenvalue weighted by Gasteiger charge is 2.16. The summed E-state index contributed by atoms with van der Waals surface area (Å²) in [4.78, 5) is 20.4. The molecule has 27 heavy (non-hydrogen) atoms. The number of aryl methyl sites for hydroxylation is 1. The Labute approximate surface area is 156 Å². The van der Waals surface area contributed by atoms with E-state index in [4.69, 9.17) is 16.4 Å². The lowest BCUT2D eigenvalue weighted by Gasteiger charge is -2.21. The second-order valence-electron chi connectivity index (χ2n) is 5.79. The molecule has 0 spiro atoms. The SMILES string of the molecule is Cc1cccc(N(N)C(=O)NN)c1COc1cncc(-c2ccccc2)n1. The number of aromatic nitrogens is 2. The second kappa shape index (κ2) is 8.26. The molecule has 0 radical (unpaired) electrons. The number of urea groups is 1. The van der Waals surface area contributed by atoms with Gasteiger partial charge in [-0.3, -0.25) is 10.4 Å². The molecule has 0 atom stereocenters. The summed E-state index contributed by atoms with van der Waals surface area (Å²) in [6, 6.07) is 14.5. The number of nitrogens with one attached hydrogen (secondary N) is 1. The van der Waals surface area contributed by atoms with Crippen LogP contribution in [0.1, 0.15) is 11.1 Å². The van der Waals surface area contributed by atoms with Crippen molar-refractivity contribution in [2.45, 2.75) is 13.5 Å². The van der Waals surface area contributed by atoms with Gasteiger partial charge in [-0.05, 0) is 18.6 Å². The molecule has 8 nitrogen and oxygen atoms in total. The Bertz CT molecular complexity index is 932. The van der Waals surface area contributed by atoms with Gasteiger partial charge in [-0.15, -0.1) is 0 Å². The molecule has 2 amide bonds. The third-order valence-corrected chi connectivity index (χ3v) is 4.03. The Morgan fingerprint density at radius 2 is 1.93 bits per heavy atom. The highest BCUT2D eigenvalue weighted by atomic mass is 16.5. The summed E-state index contributed by atoms with van der Waals surface area (Å²) in [5.41, 5.74) is 5.82. The number of nitrogens with zero attached hydrogens (tertiary/aromatic N) is 3. The predicted molar refractivity (Wildman–Crippen MR) is 102 cm³/mol. The molecule has 0 unspecified atom stereocenters. The number of hydrogen-bond donors (Lipinski definition) is 3. The Hall–Kier alpha value is -3.49. The van der Waals surface area contributed by atoms with Gasteiger partial charge in [0.25, 0.3) is 0 Å². The maximum absolute atomic E-state index is 11.8. The molecule has 0 saturated heterocycles. The fourth-order valence-electron chi connectivity index (χ4n) is 2.59. The molecule has 0 aliphatic carbocycles. The molecular weight excluding hydrogens is 344 g/mol. The molecule has 0 bridgehead atoms. The van der Waals surface area contributed by atoms with E-state index in [0.717, 1.165) is 21.7 Å². The van der Waals surface area contributed by atoms with Gasteiger partial charge in [-0.25, -0.2) is 26.5 Å². The van der Waals surface area contributed by atoms with E-state index in [1.807, 2.05) is 48.7 Å². The van der Waals surface area contributed by atoms with Gasteiger partial charge < -0.3 is 4.74 Å². The summed E-state index contributed by atoms with van der Waals surface area (Å²) in [7, 11) is 0. The van der Waals surface area contributed by atoms with Crippen molar-refractivity contribution in [1.29, 1.82) is 0 Å². The van der Waals surface area contributed by atoms with Crippen LogP contribution in [-0.4, -0.2) is 16.0 Å². The van der Waals surface area contributed by atoms with Gasteiger partial charge in [-0.1, -0.05) is 42.5 Å². The van der Waals surface area contributed by atoms with Gasteiger partial charge in [0, 0.05) is 11.1 Å². The van der Waals surface area contributed by atoms with Crippen molar-refractivity contribution < 1.29 is 9.53 Å². The molecule has 2 aromatic carbocycles. The van der Waals surface area contributed by atoms with Crippen LogP contribution in [0.15, 0.2) is 60.9 Å². The number of rotatable bonds is 5. The molecule has 3 rings (SSSR count). The minimum atomic E-state index is -0.632. The van der Waals surface area contributed by atoms with Crippen molar-refractivity contribution >= 4 is 11.7 Å². The van der Waals surface area contributed by atoms with Gasteiger partial charge >= 0.3 is 6.03 Å². The number of amides is 2. The number of nitrogens with two attached hydrogens (primary N) is 2. The van der Waals surface area contributed by atoms with Crippen LogP contribution in [0.5, 0.6) is 5.88 Å². The highest BCUT2D eigenvalue weighted by molar-refractivity contribution is 5.91. The van der Waals surface area contributed by atoms with E-state index in [1.54, 1.807) is 18.3 Å². The lowest BCUT2D eigenvalue weighted by Crippen LogP contribution is -2.48. The summed E-state index contributed by atoms with van der Waals surface area (Å²) in [6.45, 7) is 2.07. The minimum Gasteiger partial charge on any atom is -0.472 e. The molecule has 5 N–H and O–H groups in total. The first-order valence-corrected chi connectivity index (χ1v) is 8.24. The first-order chi connectivity index (χ1) is 13.1. The molecule has 0 saturated carbocycles. The molecule has 0 fully saturated rings. The lowest BCUT2D eigenvalue weighted by atomic mass is 10.1. The van der Waals surface area contributed by atoms with Crippen LogP contribution < -0.4 is 26.9 Å². The molecule has 0 aliphatic heterocycles. The summed E-state index contributed by atoms with van der Waals surface area (Å²) < 4.78 is 5.82. The van der Waals surface area contributed by atoms with E-state index in [1.165, 1.54) is 6.20 Å². The number of hydrazine groups is 2. The predicted octanol–water partition coefficient (Wildman–Crippen LogP) is 2.29. The van der Waals surface area contributed by atoms with Crippen LogP contribution in [0.25, 0.3) is 11.3 Å². The molecule has 3 aromatic rings. The standard InChI is InChI=1S/C19H20N6O2/c1-13-6-5-9-17(25(21)19(26)24-20)15(13)12-27-18-11-22-10-16(23-18)14-7-3-2-4-8-14/h2-11H,12,20-21H2,1H3,(H,24,26). The normalized spacial score (nSPS) is 10.3. The zero-order valence-electron chi connectivity index (χ0n) is 14.8. The number of carbonyl (C=O) groups excluding carboxylic acids is 1. The topological polar surface area (TPSA) is 119 Å². The van der Waals surface area contributed by atoms with Gasteiger partial charge in [0.05, 0.1) is 23.8 Å². The number of ether oxygens (including phenoxy) is 1. The second-order valence-corrected chi connectivity index (χ2v) is 5.79. The monoisotopic (exact) mass is 364 g/mol. The Balaban J connectivity index is 1.83. The average molecular weight is 364 g/mol. The smallest absolute Gasteiger partial charge is 0.350 e. The molecule has 1 aromatic heterocycles. The molecule has 138 valence electrons. The van der Waals surface area contributed by atoms with Crippen LogP contribution in [0, 0.1) is 6.92 Å². The van der Waals surface area contributed by atoms with Crippen molar-refractivity contribution in [3.8, 4) is 17.1 Å². The Morgan fingerprint density at radius 1 is 1.15 bits per heavy atom. The van der Waals surface area contributed by atoms with Crippen LogP contribution in [0.2, 0.25) is 0 Å². The number of hydrogen-bond acceptors (Lipinski definition) is 6. The van der Waals surface area contributed by atoms with E-state index < -0.39 is 6.03 Å². The van der Waals surface area contributed by atoms with Crippen LogP contribution in [0.3, 0.4) is 0 Å². The largest absolute Gasteiger partial charge is 0.472 e. The van der Waals surface area contributed by atoms with E-state index in [9.17, 15) is 4.79 Å². The van der Waals surface area contributed by atoms with Gasteiger partial charge in [0.15, 0.2) is 0 Å². The highest BCUT2D eigenvalue weighted by Crippen LogP contribution is 2.24. The van der Waals surface area contributed by atoms with E-state index in [-0.39, 0.29) is 6.61 Å². The zero-order chi connectivity index (χ0) is 19.2. The fraction of sp³-hybridized carbons (Fsp3) is 0.105. The van der Waals surface area contributed by atoms with E-state index >= 15 is 0 Å². The molecule has 8 heteroatoms. The quantitative estimate of drug-likeness (QED) is 0.363. The minimum absolute atomic E-state index is 0.167. The molecule has 1 heterocycles. The molecule has 0 aliphatic rings. The first-order valence-electron chi connectivity index (χ1n) is 8.24. The number of anilines is 1. The van der Waals surface area contributed by atoms with Crippen molar-refractivity contribution in [1.82, 2.24) is 15.4 Å². The van der Waals surface area contributed by atoms with E-state index in [2.05, 4.69) is 9.97 Å². The first kappa shape index (κ1) is 18.3.